The molecule has 0 radical (unpaired) electrons. The number of anilines is 2. The average molecular weight is 467 g/mol. The molecule has 5 nitrogen and oxygen atoms in total. The van der Waals surface area contributed by atoms with Crippen LogP contribution in [0.15, 0.2) is 103 Å². The number of nitrogens with zero attached hydrogens (tertiary/aromatic N) is 2. The van der Waals surface area contributed by atoms with Gasteiger partial charge in [-0.15, -0.1) is 0 Å². The maximum absolute atomic E-state index is 12.3. The third kappa shape index (κ3) is 4.95. The second kappa shape index (κ2) is 9.81. The van der Waals surface area contributed by atoms with E-state index >= 15 is 0 Å². The van der Waals surface area contributed by atoms with Crippen molar-refractivity contribution in [3.63, 3.8) is 0 Å². The van der Waals surface area contributed by atoms with Crippen molar-refractivity contribution < 1.29 is 4.79 Å². The highest BCUT2D eigenvalue weighted by Crippen LogP contribution is 2.23. The van der Waals surface area contributed by atoms with Crippen LogP contribution >= 0.6 is 11.6 Å². The molecule has 0 unspecified atom stereocenters. The normalized spacial score (nSPS) is 10.9. The number of fused-ring (bicyclic) bond motifs is 1. The second-order valence-corrected chi connectivity index (χ2v) is 8.41. The molecule has 1 heterocycles. The molecule has 0 aliphatic heterocycles. The number of amides is 2. The maximum atomic E-state index is 12.3. The van der Waals surface area contributed by atoms with Crippen LogP contribution < -0.4 is 10.6 Å². The van der Waals surface area contributed by atoms with E-state index in [9.17, 15) is 4.79 Å². The van der Waals surface area contributed by atoms with Crippen LogP contribution in [-0.4, -0.2) is 15.6 Å². The first-order valence-electron chi connectivity index (χ1n) is 11.1. The number of rotatable bonds is 6. The Morgan fingerprint density at radius 2 is 1.35 bits per heavy atom. The predicted molar refractivity (Wildman–Crippen MR) is 139 cm³/mol. The van der Waals surface area contributed by atoms with Crippen LogP contribution in [-0.2, 0) is 12.8 Å². The first-order chi connectivity index (χ1) is 16.7. The number of carbonyl (C=O) groups excluding carboxylic acids is 1. The summed E-state index contributed by atoms with van der Waals surface area (Å²) in [6, 6.07) is 33.1. The number of imidazole rings is 1. The summed E-state index contributed by atoms with van der Waals surface area (Å²) in [5.41, 5.74) is 5.79. The van der Waals surface area contributed by atoms with Crippen molar-refractivity contribution >= 4 is 40.0 Å². The number of carbonyl (C=O) groups is 1. The third-order valence-electron chi connectivity index (χ3n) is 5.60. The molecule has 0 spiro atoms. The number of nitrogens with one attached hydrogen (secondary N) is 2. The van der Waals surface area contributed by atoms with Crippen molar-refractivity contribution in [3.05, 3.63) is 120 Å². The summed E-state index contributed by atoms with van der Waals surface area (Å²) in [7, 11) is 0. The van der Waals surface area contributed by atoms with Gasteiger partial charge in [0.1, 0.15) is 5.82 Å². The van der Waals surface area contributed by atoms with E-state index in [0.717, 1.165) is 41.1 Å². The fourth-order valence-corrected chi connectivity index (χ4v) is 4.07. The van der Waals surface area contributed by atoms with E-state index in [2.05, 4.69) is 33.4 Å². The van der Waals surface area contributed by atoms with Gasteiger partial charge in [0.25, 0.3) is 0 Å². The zero-order valence-electron chi connectivity index (χ0n) is 18.4. The van der Waals surface area contributed by atoms with Crippen LogP contribution in [0.5, 0.6) is 0 Å². The molecule has 0 atom stereocenters. The van der Waals surface area contributed by atoms with Crippen molar-refractivity contribution in [2.24, 2.45) is 0 Å². The number of hydrogen-bond donors (Lipinski definition) is 2. The lowest BCUT2D eigenvalue weighted by atomic mass is 10.1. The average Bonchev–Trinajstić information content (AvgIpc) is 3.24. The minimum atomic E-state index is -0.299. The van der Waals surface area contributed by atoms with Gasteiger partial charge in [0, 0.05) is 28.5 Å². The lowest BCUT2D eigenvalue weighted by Gasteiger charge is -2.10. The monoisotopic (exact) mass is 466 g/mol. The molecule has 4 aromatic carbocycles. The summed E-state index contributed by atoms with van der Waals surface area (Å²) >= 11 is 5.88. The van der Waals surface area contributed by atoms with Crippen LogP contribution in [0.3, 0.4) is 0 Å². The van der Waals surface area contributed by atoms with Gasteiger partial charge in [-0.2, -0.15) is 0 Å². The Labute approximate surface area is 203 Å². The molecule has 0 bridgehead atoms. The first kappa shape index (κ1) is 21.7. The molecule has 2 N–H and O–H groups in total. The van der Waals surface area contributed by atoms with Gasteiger partial charge in [0.2, 0.25) is 0 Å². The van der Waals surface area contributed by atoms with Crippen molar-refractivity contribution in [2.45, 2.75) is 12.8 Å². The fourth-order valence-electron chi connectivity index (χ4n) is 3.95. The third-order valence-corrected chi connectivity index (χ3v) is 5.85. The second-order valence-electron chi connectivity index (χ2n) is 7.97. The summed E-state index contributed by atoms with van der Waals surface area (Å²) in [5.74, 6) is 1.02. The zero-order valence-corrected chi connectivity index (χ0v) is 19.2. The molecule has 0 aliphatic rings. The highest BCUT2D eigenvalue weighted by atomic mass is 35.5. The van der Waals surface area contributed by atoms with Crippen molar-refractivity contribution in [1.29, 1.82) is 0 Å². The van der Waals surface area contributed by atoms with Crippen LogP contribution in [0.25, 0.3) is 16.7 Å². The van der Waals surface area contributed by atoms with E-state index in [1.54, 1.807) is 24.3 Å². The van der Waals surface area contributed by atoms with Crippen molar-refractivity contribution in [1.82, 2.24) is 9.55 Å². The Bertz CT molecular complexity index is 1410. The van der Waals surface area contributed by atoms with Crippen LogP contribution in [0.1, 0.15) is 11.4 Å². The molecule has 0 fully saturated rings. The Hall–Kier alpha value is -4.09. The van der Waals surface area contributed by atoms with Gasteiger partial charge in [0.05, 0.1) is 11.0 Å². The van der Waals surface area contributed by atoms with Gasteiger partial charge in [-0.25, -0.2) is 9.78 Å². The molecule has 5 aromatic rings. The summed E-state index contributed by atoms with van der Waals surface area (Å²) in [6.07, 6.45) is 1.64. The van der Waals surface area contributed by atoms with Gasteiger partial charge in [-0.3, -0.25) is 4.57 Å². The molecule has 1 aromatic heterocycles. The largest absolute Gasteiger partial charge is 0.323 e. The van der Waals surface area contributed by atoms with Gasteiger partial charge >= 0.3 is 6.03 Å². The van der Waals surface area contributed by atoms with E-state index in [1.807, 2.05) is 60.7 Å². The molecule has 0 saturated heterocycles. The summed E-state index contributed by atoms with van der Waals surface area (Å²) < 4.78 is 2.23. The summed E-state index contributed by atoms with van der Waals surface area (Å²) in [6.45, 7) is 0. The van der Waals surface area contributed by atoms with Gasteiger partial charge in [-0.1, -0.05) is 54.1 Å². The Morgan fingerprint density at radius 1 is 0.735 bits per heavy atom. The topological polar surface area (TPSA) is 59.0 Å². The first-order valence-corrected chi connectivity index (χ1v) is 11.5. The zero-order chi connectivity index (χ0) is 23.3. The van der Waals surface area contributed by atoms with E-state index in [4.69, 9.17) is 16.6 Å². The number of para-hydroxylation sites is 3. The predicted octanol–water partition coefficient (Wildman–Crippen LogP) is 7.11. The quantitative estimate of drug-likeness (QED) is 0.280. The minimum Gasteiger partial charge on any atom is -0.308 e. The smallest absolute Gasteiger partial charge is 0.308 e. The number of hydrogen-bond acceptors (Lipinski definition) is 2. The number of urea groups is 1. The standard InChI is InChI=1S/C28H23ClN4O/c29-21-13-17-23(18-14-21)31-28(34)30-22-15-10-20(11-16-22)12-19-27-32-25-8-4-5-9-26(25)33(27)24-6-2-1-3-7-24/h1-11,13-18H,12,19H2,(H2,30,31,34). The fraction of sp³-hybridized carbons (Fsp3) is 0.0714. The highest BCUT2D eigenvalue weighted by molar-refractivity contribution is 6.30. The van der Waals surface area contributed by atoms with Crippen molar-refractivity contribution in [2.75, 3.05) is 10.6 Å². The lowest BCUT2D eigenvalue weighted by molar-refractivity contribution is 0.262. The van der Waals surface area contributed by atoms with Crippen LogP contribution in [0, 0.1) is 0 Å². The van der Waals surface area contributed by atoms with Crippen LogP contribution in [0.4, 0.5) is 16.2 Å². The lowest BCUT2D eigenvalue weighted by Crippen LogP contribution is -2.19. The van der Waals surface area contributed by atoms with Gasteiger partial charge in [-0.05, 0) is 72.6 Å². The molecule has 0 aliphatic carbocycles. The van der Waals surface area contributed by atoms with E-state index < -0.39 is 0 Å². The Balaban J connectivity index is 1.26. The van der Waals surface area contributed by atoms with Crippen LogP contribution in [0.2, 0.25) is 5.02 Å². The molecule has 168 valence electrons. The molecular weight excluding hydrogens is 444 g/mol. The van der Waals surface area contributed by atoms with Crippen molar-refractivity contribution in [3.8, 4) is 5.69 Å². The molecule has 34 heavy (non-hydrogen) atoms. The van der Waals surface area contributed by atoms with E-state index in [0.29, 0.717) is 10.7 Å². The molecular formula is C28H23ClN4O. The SMILES string of the molecule is O=C(Nc1ccc(Cl)cc1)Nc1ccc(CCc2nc3ccccc3n2-c2ccccc2)cc1. The molecule has 5 rings (SSSR count). The van der Waals surface area contributed by atoms with Gasteiger partial charge < -0.3 is 10.6 Å². The number of halogens is 1. The highest BCUT2D eigenvalue weighted by Gasteiger charge is 2.12. The van der Waals surface area contributed by atoms with E-state index in [-0.39, 0.29) is 6.03 Å². The number of benzene rings is 4. The summed E-state index contributed by atoms with van der Waals surface area (Å²) in [4.78, 5) is 17.1. The molecule has 6 heteroatoms. The number of aryl methyl sites for hydroxylation is 2. The summed E-state index contributed by atoms with van der Waals surface area (Å²) in [5, 5.41) is 6.27. The number of aromatic nitrogens is 2. The van der Waals surface area contributed by atoms with Gasteiger partial charge in [0.15, 0.2) is 0 Å². The Kier molecular flexibility index (Phi) is 6.27. The molecule has 0 saturated carbocycles. The molecule has 2 amide bonds. The minimum absolute atomic E-state index is 0.299. The maximum Gasteiger partial charge on any atom is 0.323 e. The van der Waals surface area contributed by atoms with E-state index in [1.165, 1.54) is 5.56 Å². The Morgan fingerprint density at radius 3 is 2.06 bits per heavy atom.